The minimum Gasteiger partial charge on any atom is -0.469 e. The lowest BCUT2D eigenvalue weighted by molar-refractivity contribution is -0.139. The number of aromatic nitrogens is 3. The number of methoxy groups -OCH3 is 1. The van der Waals surface area contributed by atoms with Gasteiger partial charge < -0.3 is 10.1 Å². The average molecular weight is 266 g/mol. The Hall–Kier alpha value is -1.89. The molecule has 2 N–H and O–H groups in total. The summed E-state index contributed by atoms with van der Waals surface area (Å²) in [5.41, 5.74) is 1.77. The number of ether oxygens (including phenoxy) is 1. The third-order valence-corrected chi connectivity index (χ3v) is 3.29. The van der Waals surface area contributed by atoms with E-state index in [0.29, 0.717) is 5.69 Å². The molecule has 0 saturated heterocycles. The Kier molecular flexibility index (Phi) is 3.93. The second kappa shape index (κ2) is 5.63. The molecule has 2 aromatic rings. The number of carbonyl (C=O) groups is 1. The number of hydrogen-bond acceptors (Lipinski definition) is 6. The number of carbonyl (C=O) groups excluding carboxylic acids is 1. The van der Waals surface area contributed by atoms with Gasteiger partial charge in [0, 0.05) is 17.1 Å². The number of H-pyrrole nitrogens is 1. The van der Waals surface area contributed by atoms with Gasteiger partial charge in [-0.15, -0.1) is 11.3 Å². The van der Waals surface area contributed by atoms with Crippen LogP contribution >= 0.6 is 11.3 Å². The molecule has 0 aliphatic rings. The number of nitrogens with one attached hydrogen (secondary N) is 2. The van der Waals surface area contributed by atoms with E-state index in [1.54, 1.807) is 6.20 Å². The van der Waals surface area contributed by atoms with Crippen LogP contribution in [0.1, 0.15) is 24.2 Å². The second-order valence-electron chi connectivity index (χ2n) is 3.79. The Morgan fingerprint density at radius 3 is 3.17 bits per heavy atom. The van der Waals surface area contributed by atoms with Gasteiger partial charge in [0.05, 0.1) is 31.5 Å². The van der Waals surface area contributed by atoms with E-state index in [1.165, 1.54) is 18.4 Å². The Morgan fingerprint density at radius 1 is 1.67 bits per heavy atom. The number of thiazole rings is 1. The van der Waals surface area contributed by atoms with Crippen LogP contribution in [0.2, 0.25) is 0 Å². The predicted molar refractivity (Wildman–Crippen MR) is 68.5 cm³/mol. The molecule has 2 rings (SSSR count). The lowest BCUT2D eigenvalue weighted by Gasteiger charge is -2.09. The van der Waals surface area contributed by atoms with Crippen LogP contribution in [0.5, 0.6) is 0 Å². The first-order valence-electron chi connectivity index (χ1n) is 5.45. The first-order chi connectivity index (χ1) is 8.69. The molecule has 18 heavy (non-hydrogen) atoms. The molecule has 0 aromatic carbocycles. The number of anilines is 1. The molecule has 1 unspecified atom stereocenters. The number of aromatic amines is 1. The molecule has 0 fully saturated rings. The molecule has 0 saturated carbocycles. The van der Waals surface area contributed by atoms with Crippen molar-refractivity contribution < 1.29 is 9.53 Å². The van der Waals surface area contributed by atoms with Crippen LogP contribution in [0, 0.1) is 0 Å². The summed E-state index contributed by atoms with van der Waals surface area (Å²) in [6.07, 6.45) is 3.80. The second-order valence-corrected chi connectivity index (χ2v) is 4.65. The summed E-state index contributed by atoms with van der Waals surface area (Å²) in [7, 11) is 1.37. The van der Waals surface area contributed by atoms with Crippen LogP contribution in [0.3, 0.4) is 0 Å². The zero-order chi connectivity index (χ0) is 13.0. The average Bonchev–Trinajstić information content (AvgIpc) is 3.00. The van der Waals surface area contributed by atoms with Crippen molar-refractivity contribution in [2.75, 3.05) is 12.4 Å². The van der Waals surface area contributed by atoms with E-state index in [0.717, 1.165) is 10.7 Å². The van der Waals surface area contributed by atoms with Crippen molar-refractivity contribution in [2.24, 2.45) is 0 Å². The molecule has 2 heterocycles. The molecule has 96 valence electrons. The van der Waals surface area contributed by atoms with E-state index in [1.807, 2.05) is 18.5 Å². The van der Waals surface area contributed by atoms with E-state index in [9.17, 15) is 4.79 Å². The van der Waals surface area contributed by atoms with Gasteiger partial charge in [0.25, 0.3) is 0 Å². The van der Waals surface area contributed by atoms with Gasteiger partial charge >= 0.3 is 5.97 Å². The summed E-state index contributed by atoms with van der Waals surface area (Å²) in [4.78, 5) is 15.4. The van der Waals surface area contributed by atoms with E-state index < -0.39 is 0 Å². The zero-order valence-electron chi connectivity index (χ0n) is 10.1. The Morgan fingerprint density at radius 2 is 2.50 bits per heavy atom. The SMILES string of the molecule is COC(=O)Cc1csc(NC(C)c2cn[nH]c2)n1. The fraction of sp³-hybridized carbons (Fsp3) is 0.364. The third-order valence-electron chi connectivity index (χ3n) is 2.46. The number of esters is 1. The van der Waals surface area contributed by atoms with Gasteiger partial charge in [-0.2, -0.15) is 5.10 Å². The molecule has 0 radical (unpaired) electrons. The lowest BCUT2D eigenvalue weighted by atomic mass is 10.2. The molecular weight excluding hydrogens is 252 g/mol. The molecule has 1 atom stereocenters. The predicted octanol–water partition coefficient (Wildman–Crippen LogP) is 1.75. The van der Waals surface area contributed by atoms with Gasteiger partial charge in [0.15, 0.2) is 5.13 Å². The van der Waals surface area contributed by atoms with E-state index in [2.05, 4.69) is 25.2 Å². The van der Waals surface area contributed by atoms with Crippen molar-refractivity contribution >= 4 is 22.4 Å². The Balaban J connectivity index is 1.96. The van der Waals surface area contributed by atoms with Crippen LogP contribution in [-0.4, -0.2) is 28.3 Å². The smallest absolute Gasteiger partial charge is 0.311 e. The fourth-order valence-electron chi connectivity index (χ4n) is 1.44. The number of hydrogen-bond donors (Lipinski definition) is 2. The molecular formula is C11H14N4O2S. The van der Waals surface area contributed by atoms with Crippen LogP contribution in [-0.2, 0) is 16.0 Å². The number of rotatable bonds is 5. The summed E-state index contributed by atoms with van der Waals surface area (Å²) < 4.78 is 4.60. The normalized spacial score (nSPS) is 12.1. The summed E-state index contributed by atoms with van der Waals surface area (Å²) in [6, 6.07) is 0.112. The lowest BCUT2D eigenvalue weighted by Crippen LogP contribution is -2.07. The van der Waals surface area contributed by atoms with E-state index >= 15 is 0 Å². The highest BCUT2D eigenvalue weighted by Crippen LogP contribution is 2.22. The first kappa shape index (κ1) is 12.6. The van der Waals surface area contributed by atoms with Crippen LogP contribution < -0.4 is 5.32 Å². The highest BCUT2D eigenvalue weighted by atomic mass is 32.1. The maximum atomic E-state index is 11.1. The zero-order valence-corrected chi connectivity index (χ0v) is 11.0. The molecule has 0 aliphatic carbocycles. The van der Waals surface area contributed by atoms with Crippen molar-refractivity contribution in [1.29, 1.82) is 0 Å². The summed E-state index contributed by atoms with van der Waals surface area (Å²) >= 11 is 1.47. The van der Waals surface area contributed by atoms with Crippen molar-refractivity contribution in [3.8, 4) is 0 Å². The minimum atomic E-state index is -0.283. The molecule has 6 nitrogen and oxygen atoms in total. The minimum absolute atomic E-state index is 0.112. The van der Waals surface area contributed by atoms with Gasteiger partial charge in [-0.3, -0.25) is 9.89 Å². The van der Waals surface area contributed by atoms with Gasteiger partial charge in [-0.1, -0.05) is 0 Å². The molecule has 7 heteroatoms. The Bertz CT molecular complexity index is 509. The largest absolute Gasteiger partial charge is 0.469 e. The van der Waals surface area contributed by atoms with Gasteiger partial charge in [0.1, 0.15) is 0 Å². The van der Waals surface area contributed by atoms with Gasteiger partial charge in [0.2, 0.25) is 0 Å². The summed E-state index contributed by atoms with van der Waals surface area (Å²) in [6.45, 7) is 2.02. The molecule has 2 aromatic heterocycles. The van der Waals surface area contributed by atoms with Gasteiger partial charge in [-0.05, 0) is 6.92 Å². The highest BCUT2D eigenvalue weighted by molar-refractivity contribution is 7.13. The molecule has 0 aliphatic heterocycles. The van der Waals surface area contributed by atoms with Gasteiger partial charge in [-0.25, -0.2) is 4.98 Å². The van der Waals surface area contributed by atoms with Crippen molar-refractivity contribution in [3.63, 3.8) is 0 Å². The first-order valence-corrected chi connectivity index (χ1v) is 6.33. The van der Waals surface area contributed by atoms with Crippen LogP contribution in [0.4, 0.5) is 5.13 Å². The maximum Gasteiger partial charge on any atom is 0.311 e. The number of nitrogens with zero attached hydrogens (tertiary/aromatic N) is 2. The molecule has 0 bridgehead atoms. The highest BCUT2D eigenvalue weighted by Gasteiger charge is 2.11. The van der Waals surface area contributed by atoms with Crippen molar-refractivity contribution in [2.45, 2.75) is 19.4 Å². The van der Waals surface area contributed by atoms with Crippen molar-refractivity contribution in [1.82, 2.24) is 15.2 Å². The standard InChI is InChI=1S/C11H14N4O2S/c1-7(8-4-12-13-5-8)14-11-15-9(6-18-11)3-10(16)17-2/h4-7H,3H2,1-2H3,(H,12,13)(H,14,15). The van der Waals surface area contributed by atoms with Crippen LogP contribution in [0.25, 0.3) is 0 Å². The van der Waals surface area contributed by atoms with Crippen molar-refractivity contribution in [3.05, 3.63) is 29.0 Å². The topological polar surface area (TPSA) is 79.9 Å². The summed E-state index contributed by atoms with van der Waals surface area (Å²) in [5, 5.41) is 12.5. The molecule has 0 spiro atoms. The van der Waals surface area contributed by atoms with E-state index in [-0.39, 0.29) is 18.4 Å². The summed E-state index contributed by atoms with van der Waals surface area (Å²) in [5.74, 6) is -0.283. The molecule has 0 amide bonds. The van der Waals surface area contributed by atoms with E-state index in [4.69, 9.17) is 0 Å². The quantitative estimate of drug-likeness (QED) is 0.806. The third kappa shape index (κ3) is 3.07. The Labute approximate surface area is 108 Å². The fourth-order valence-corrected chi connectivity index (χ4v) is 2.24. The monoisotopic (exact) mass is 266 g/mol. The van der Waals surface area contributed by atoms with Crippen LogP contribution in [0.15, 0.2) is 17.8 Å². The maximum absolute atomic E-state index is 11.1.